The summed E-state index contributed by atoms with van der Waals surface area (Å²) in [6.45, 7) is 9.21. The maximum Gasteiger partial charge on any atom is 0.119 e. The van der Waals surface area contributed by atoms with Crippen LogP contribution in [0, 0.1) is 6.92 Å². The fourth-order valence-electron chi connectivity index (χ4n) is 2.28. The lowest BCUT2D eigenvalue weighted by atomic mass is 10.2. The Morgan fingerprint density at radius 2 is 1.42 bits per heavy atom. The number of nitrogens with one attached hydrogen (secondary N) is 1. The molecule has 0 aliphatic carbocycles. The minimum Gasteiger partial charge on any atom is -0.491 e. The highest BCUT2D eigenvalue weighted by atomic mass is 16.5. The van der Waals surface area contributed by atoms with Gasteiger partial charge in [-0.15, -0.1) is 0 Å². The van der Waals surface area contributed by atoms with Crippen LogP contribution < -0.4 is 14.8 Å². The van der Waals surface area contributed by atoms with Crippen LogP contribution in [0.5, 0.6) is 11.5 Å². The van der Waals surface area contributed by atoms with Gasteiger partial charge in [-0.1, -0.05) is 31.5 Å². The Kier molecular flexibility index (Phi) is 6.98. The summed E-state index contributed by atoms with van der Waals surface area (Å²) in [6.07, 6.45) is 2.35. The first-order valence-electron chi connectivity index (χ1n) is 8.84. The van der Waals surface area contributed by atoms with Crippen LogP contribution in [0.1, 0.15) is 39.2 Å². The van der Waals surface area contributed by atoms with Crippen LogP contribution in [-0.4, -0.2) is 18.8 Å². The highest BCUT2D eigenvalue weighted by molar-refractivity contribution is 5.46. The molecule has 2 aromatic rings. The van der Waals surface area contributed by atoms with Crippen LogP contribution >= 0.6 is 0 Å². The molecular weight excluding hydrogens is 298 g/mol. The van der Waals surface area contributed by atoms with Gasteiger partial charge < -0.3 is 14.8 Å². The van der Waals surface area contributed by atoms with Crippen molar-refractivity contribution in [2.24, 2.45) is 0 Å². The van der Waals surface area contributed by atoms with Crippen molar-refractivity contribution in [1.82, 2.24) is 0 Å². The van der Waals surface area contributed by atoms with Crippen molar-refractivity contribution in [2.75, 3.05) is 11.9 Å². The Morgan fingerprint density at radius 1 is 0.833 bits per heavy atom. The van der Waals surface area contributed by atoms with Gasteiger partial charge in [0.25, 0.3) is 0 Å². The lowest BCUT2D eigenvalue weighted by Gasteiger charge is -2.19. The first kappa shape index (κ1) is 18.2. The molecule has 2 rings (SSSR count). The minimum atomic E-state index is 0.142. The summed E-state index contributed by atoms with van der Waals surface area (Å²) in [5, 5.41) is 3.44. The van der Waals surface area contributed by atoms with E-state index in [1.807, 2.05) is 24.3 Å². The van der Waals surface area contributed by atoms with E-state index in [0.717, 1.165) is 36.6 Å². The van der Waals surface area contributed by atoms with Gasteiger partial charge in [-0.05, 0) is 63.1 Å². The fraction of sp³-hybridized carbons (Fsp3) is 0.429. The molecule has 0 aromatic heterocycles. The highest BCUT2D eigenvalue weighted by Crippen LogP contribution is 2.19. The number of hydrogen-bond donors (Lipinski definition) is 1. The predicted molar refractivity (Wildman–Crippen MR) is 101 cm³/mol. The summed E-state index contributed by atoms with van der Waals surface area (Å²) in [5.41, 5.74) is 2.32. The standard InChI is InChI=1S/C21H29NO2/c1-5-17(4)23-20-13-9-18(10-14-20)22-15-19(6-2)24-21-11-7-16(3)8-12-21/h7-14,17,19,22H,5-6,15H2,1-4H3/t17-,19-/m1/s1. The molecule has 0 saturated carbocycles. The minimum absolute atomic E-state index is 0.142. The number of aryl methyl sites for hydroxylation is 1. The molecule has 0 amide bonds. The number of rotatable bonds is 9. The number of anilines is 1. The van der Waals surface area contributed by atoms with Crippen molar-refractivity contribution in [3.63, 3.8) is 0 Å². The molecule has 3 heteroatoms. The van der Waals surface area contributed by atoms with Crippen molar-refractivity contribution < 1.29 is 9.47 Å². The smallest absolute Gasteiger partial charge is 0.119 e. The molecule has 0 saturated heterocycles. The van der Waals surface area contributed by atoms with E-state index >= 15 is 0 Å². The first-order valence-corrected chi connectivity index (χ1v) is 8.84. The number of hydrogen-bond acceptors (Lipinski definition) is 3. The molecule has 2 aromatic carbocycles. The maximum atomic E-state index is 6.04. The molecule has 0 heterocycles. The van der Waals surface area contributed by atoms with E-state index in [2.05, 4.69) is 57.3 Å². The van der Waals surface area contributed by atoms with Gasteiger partial charge in [0.15, 0.2) is 0 Å². The second-order valence-electron chi connectivity index (χ2n) is 6.20. The van der Waals surface area contributed by atoms with E-state index in [0.29, 0.717) is 0 Å². The van der Waals surface area contributed by atoms with Gasteiger partial charge in [-0.3, -0.25) is 0 Å². The van der Waals surface area contributed by atoms with E-state index in [-0.39, 0.29) is 12.2 Å². The summed E-state index contributed by atoms with van der Waals surface area (Å²) in [6, 6.07) is 16.3. The van der Waals surface area contributed by atoms with Gasteiger partial charge in [-0.25, -0.2) is 0 Å². The van der Waals surface area contributed by atoms with Gasteiger partial charge in [-0.2, -0.15) is 0 Å². The largest absolute Gasteiger partial charge is 0.491 e. The molecule has 0 aliphatic heterocycles. The van der Waals surface area contributed by atoms with Crippen LogP contribution in [-0.2, 0) is 0 Å². The van der Waals surface area contributed by atoms with Crippen LogP contribution in [0.3, 0.4) is 0 Å². The molecule has 0 bridgehead atoms. The SMILES string of the molecule is CC[C@H](CNc1ccc(O[C@H](C)CC)cc1)Oc1ccc(C)cc1. The lowest BCUT2D eigenvalue weighted by molar-refractivity contribution is 0.210. The normalized spacial score (nSPS) is 13.2. The highest BCUT2D eigenvalue weighted by Gasteiger charge is 2.08. The van der Waals surface area contributed by atoms with E-state index < -0.39 is 0 Å². The average molecular weight is 327 g/mol. The summed E-state index contributed by atoms with van der Waals surface area (Å²) >= 11 is 0. The molecule has 3 nitrogen and oxygen atoms in total. The fourth-order valence-corrected chi connectivity index (χ4v) is 2.28. The van der Waals surface area contributed by atoms with Gasteiger partial charge in [0.2, 0.25) is 0 Å². The Labute approximate surface area is 146 Å². The summed E-state index contributed by atoms with van der Waals surface area (Å²) in [4.78, 5) is 0. The molecule has 0 fully saturated rings. The zero-order chi connectivity index (χ0) is 17.4. The van der Waals surface area contributed by atoms with E-state index in [1.54, 1.807) is 0 Å². The lowest BCUT2D eigenvalue weighted by Crippen LogP contribution is -2.25. The van der Waals surface area contributed by atoms with E-state index in [1.165, 1.54) is 5.56 Å². The van der Waals surface area contributed by atoms with Crippen molar-refractivity contribution >= 4 is 5.69 Å². The Hall–Kier alpha value is -2.16. The summed E-state index contributed by atoms with van der Waals surface area (Å²) in [7, 11) is 0. The molecule has 24 heavy (non-hydrogen) atoms. The van der Waals surface area contributed by atoms with E-state index in [9.17, 15) is 0 Å². The predicted octanol–water partition coefficient (Wildman–Crippen LogP) is 5.44. The van der Waals surface area contributed by atoms with Gasteiger partial charge in [0, 0.05) is 5.69 Å². The van der Waals surface area contributed by atoms with Crippen molar-refractivity contribution in [3.05, 3.63) is 54.1 Å². The molecule has 2 atom stereocenters. The van der Waals surface area contributed by atoms with Crippen molar-refractivity contribution in [2.45, 2.75) is 52.7 Å². The molecule has 1 N–H and O–H groups in total. The zero-order valence-corrected chi connectivity index (χ0v) is 15.2. The molecule has 0 unspecified atom stereocenters. The second-order valence-corrected chi connectivity index (χ2v) is 6.20. The molecule has 0 aliphatic rings. The van der Waals surface area contributed by atoms with Gasteiger partial charge >= 0.3 is 0 Å². The summed E-state index contributed by atoms with van der Waals surface area (Å²) < 4.78 is 11.8. The quantitative estimate of drug-likeness (QED) is 0.665. The van der Waals surface area contributed by atoms with Crippen molar-refractivity contribution in [3.8, 4) is 11.5 Å². The first-order chi connectivity index (χ1) is 11.6. The molecule has 0 spiro atoms. The van der Waals surface area contributed by atoms with Gasteiger partial charge in [0.1, 0.15) is 17.6 Å². The third-order valence-corrected chi connectivity index (χ3v) is 4.08. The maximum absolute atomic E-state index is 6.04. The molecule has 0 radical (unpaired) electrons. The van der Waals surface area contributed by atoms with Crippen LogP contribution in [0.25, 0.3) is 0 Å². The second kappa shape index (κ2) is 9.21. The Bertz CT molecular complexity index is 592. The Morgan fingerprint density at radius 3 is 2.00 bits per heavy atom. The number of ether oxygens (including phenoxy) is 2. The monoisotopic (exact) mass is 327 g/mol. The summed E-state index contributed by atoms with van der Waals surface area (Å²) in [5.74, 6) is 1.84. The van der Waals surface area contributed by atoms with Crippen molar-refractivity contribution in [1.29, 1.82) is 0 Å². The zero-order valence-electron chi connectivity index (χ0n) is 15.2. The van der Waals surface area contributed by atoms with E-state index in [4.69, 9.17) is 9.47 Å². The number of benzene rings is 2. The van der Waals surface area contributed by atoms with Crippen LogP contribution in [0.15, 0.2) is 48.5 Å². The third-order valence-electron chi connectivity index (χ3n) is 4.08. The molecular formula is C21H29NO2. The van der Waals surface area contributed by atoms with Crippen LogP contribution in [0.2, 0.25) is 0 Å². The molecule has 130 valence electrons. The van der Waals surface area contributed by atoms with Gasteiger partial charge in [0.05, 0.1) is 12.6 Å². The average Bonchev–Trinajstić information content (AvgIpc) is 2.61. The topological polar surface area (TPSA) is 30.5 Å². The third kappa shape index (κ3) is 5.80. The Balaban J connectivity index is 1.85. The van der Waals surface area contributed by atoms with Crippen LogP contribution in [0.4, 0.5) is 5.69 Å².